The second-order valence-corrected chi connectivity index (χ2v) is 6.54. The van der Waals surface area contributed by atoms with Gasteiger partial charge >= 0.3 is 0 Å². The predicted octanol–water partition coefficient (Wildman–Crippen LogP) is 3.58. The largest absolute Gasteiger partial charge is 0.493 e. The Morgan fingerprint density at radius 1 is 1.04 bits per heavy atom. The first kappa shape index (κ1) is 15.8. The summed E-state index contributed by atoms with van der Waals surface area (Å²) in [4.78, 5) is 0. The minimum Gasteiger partial charge on any atom is -0.493 e. The summed E-state index contributed by atoms with van der Waals surface area (Å²) in [5.74, 6) is 1.48. The summed E-state index contributed by atoms with van der Waals surface area (Å²) in [6.45, 7) is 5.06. The van der Waals surface area contributed by atoms with Crippen molar-refractivity contribution < 1.29 is 4.74 Å². The van der Waals surface area contributed by atoms with Crippen molar-refractivity contribution in [2.24, 2.45) is 5.92 Å². The Kier molecular flexibility index (Phi) is 4.84. The lowest BCUT2D eigenvalue weighted by Gasteiger charge is -2.17. The summed E-state index contributed by atoms with van der Waals surface area (Å²) in [7, 11) is 0. The van der Waals surface area contributed by atoms with Gasteiger partial charge in [0.2, 0.25) is 0 Å². The van der Waals surface area contributed by atoms with Crippen LogP contribution in [-0.4, -0.2) is 6.61 Å². The third kappa shape index (κ3) is 3.84. The molecule has 0 aliphatic carbocycles. The number of nitrogen functional groups attached to an aromatic ring is 1. The number of rotatable bonds is 5. The Balaban J connectivity index is 1.72. The summed E-state index contributed by atoms with van der Waals surface area (Å²) in [5.41, 5.74) is 15.8. The topological polar surface area (TPSA) is 59.3 Å². The molecule has 2 aromatic rings. The van der Waals surface area contributed by atoms with Crippen LogP contribution in [0.25, 0.3) is 0 Å². The van der Waals surface area contributed by atoms with Crippen molar-refractivity contribution in [1.29, 1.82) is 0 Å². The summed E-state index contributed by atoms with van der Waals surface area (Å²) < 4.78 is 5.98. The lowest BCUT2D eigenvalue weighted by Crippen LogP contribution is -2.27. The quantitative estimate of drug-likeness (QED) is 0.739. The Morgan fingerprint density at radius 3 is 2.48 bits per heavy atom. The zero-order valence-electron chi connectivity index (χ0n) is 13.8. The Labute approximate surface area is 138 Å². The lowest BCUT2D eigenvalue weighted by molar-refractivity contribution is 0.266. The molecule has 3 rings (SSSR count). The second kappa shape index (κ2) is 7.02. The first-order valence-corrected chi connectivity index (χ1v) is 8.21. The van der Waals surface area contributed by atoms with E-state index in [4.69, 9.17) is 10.5 Å². The van der Waals surface area contributed by atoms with Crippen LogP contribution in [0.4, 0.5) is 5.69 Å². The van der Waals surface area contributed by atoms with Crippen molar-refractivity contribution in [3.8, 4) is 5.75 Å². The highest BCUT2D eigenvalue weighted by molar-refractivity contribution is 5.41. The van der Waals surface area contributed by atoms with Crippen LogP contribution in [0.1, 0.15) is 43.5 Å². The van der Waals surface area contributed by atoms with Crippen LogP contribution in [0, 0.1) is 5.92 Å². The van der Waals surface area contributed by atoms with Crippen LogP contribution in [-0.2, 0) is 0 Å². The fourth-order valence-electron chi connectivity index (χ4n) is 2.86. The first-order valence-electron chi connectivity index (χ1n) is 8.21. The number of hydrogen-bond donors (Lipinski definition) is 3. The SMILES string of the molecule is CC(C)COc1ccccc1C1CC(c2ccc(N)cc2)NN1. The van der Waals surface area contributed by atoms with Gasteiger partial charge in [0.1, 0.15) is 5.75 Å². The van der Waals surface area contributed by atoms with Crippen LogP contribution < -0.4 is 21.3 Å². The monoisotopic (exact) mass is 311 g/mol. The highest BCUT2D eigenvalue weighted by Gasteiger charge is 2.28. The van der Waals surface area contributed by atoms with Gasteiger partial charge in [0.25, 0.3) is 0 Å². The molecule has 0 bridgehead atoms. The number of anilines is 1. The molecule has 122 valence electrons. The van der Waals surface area contributed by atoms with Gasteiger partial charge in [-0.05, 0) is 36.1 Å². The minimum atomic E-state index is 0.237. The van der Waals surface area contributed by atoms with Gasteiger partial charge in [0.05, 0.1) is 12.6 Å². The molecular weight excluding hydrogens is 286 g/mol. The summed E-state index contributed by atoms with van der Waals surface area (Å²) in [5, 5.41) is 0. The zero-order valence-corrected chi connectivity index (χ0v) is 13.8. The van der Waals surface area contributed by atoms with Gasteiger partial charge < -0.3 is 10.5 Å². The fraction of sp³-hybridized carbons (Fsp3) is 0.368. The molecule has 4 N–H and O–H groups in total. The van der Waals surface area contributed by atoms with Crippen molar-refractivity contribution in [1.82, 2.24) is 10.9 Å². The molecule has 2 unspecified atom stereocenters. The van der Waals surface area contributed by atoms with Crippen molar-refractivity contribution in [2.45, 2.75) is 32.4 Å². The van der Waals surface area contributed by atoms with E-state index >= 15 is 0 Å². The molecule has 1 saturated heterocycles. The zero-order chi connectivity index (χ0) is 16.2. The predicted molar refractivity (Wildman–Crippen MR) is 94.0 cm³/mol. The maximum Gasteiger partial charge on any atom is 0.124 e. The summed E-state index contributed by atoms with van der Waals surface area (Å²) in [6, 6.07) is 16.9. The fourth-order valence-corrected chi connectivity index (χ4v) is 2.86. The Morgan fingerprint density at radius 2 is 1.74 bits per heavy atom. The number of hydrogen-bond acceptors (Lipinski definition) is 4. The van der Waals surface area contributed by atoms with Crippen LogP contribution in [0.3, 0.4) is 0 Å². The maximum absolute atomic E-state index is 5.98. The molecule has 0 aromatic heterocycles. The molecule has 0 spiro atoms. The third-order valence-corrected chi connectivity index (χ3v) is 4.11. The molecule has 1 aliphatic rings. The van der Waals surface area contributed by atoms with Crippen molar-refractivity contribution in [2.75, 3.05) is 12.3 Å². The normalized spacial score (nSPS) is 20.8. The smallest absolute Gasteiger partial charge is 0.124 e. The van der Waals surface area contributed by atoms with Gasteiger partial charge in [-0.25, -0.2) is 10.9 Å². The summed E-state index contributed by atoms with van der Waals surface area (Å²) in [6.07, 6.45) is 0.978. The van der Waals surface area contributed by atoms with E-state index in [2.05, 4.69) is 55.0 Å². The van der Waals surface area contributed by atoms with E-state index in [1.54, 1.807) is 0 Å². The van der Waals surface area contributed by atoms with Crippen LogP contribution in [0.5, 0.6) is 5.75 Å². The molecule has 1 fully saturated rings. The van der Waals surface area contributed by atoms with Crippen molar-refractivity contribution >= 4 is 5.69 Å². The van der Waals surface area contributed by atoms with E-state index in [1.165, 1.54) is 11.1 Å². The van der Waals surface area contributed by atoms with E-state index in [9.17, 15) is 0 Å². The van der Waals surface area contributed by atoms with Crippen LogP contribution >= 0.6 is 0 Å². The Bertz CT molecular complexity index is 639. The number of hydrazine groups is 1. The van der Waals surface area contributed by atoms with Gasteiger partial charge in [0.15, 0.2) is 0 Å². The molecule has 1 heterocycles. The number of para-hydroxylation sites is 1. The molecular formula is C19H25N3O. The number of ether oxygens (including phenoxy) is 1. The standard InChI is InChI=1S/C19H25N3O/c1-13(2)12-23-19-6-4-3-5-16(19)18-11-17(21-22-18)14-7-9-15(20)10-8-14/h3-10,13,17-18,21-22H,11-12,20H2,1-2H3. The molecule has 4 nitrogen and oxygen atoms in total. The van der Waals surface area contributed by atoms with E-state index in [1.807, 2.05) is 18.2 Å². The second-order valence-electron chi connectivity index (χ2n) is 6.54. The molecule has 0 radical (unpaired) electrons. The summed E-state index contributed by atoms with van der Waals surface area (Å²) >= 11 is 0. The van der Waals surface area contributed by atoms with E-state index < -0.39 is 0 Å². The number of nitrogens with one attached hydrogen (secondary N) is 2. The van der Waals surface area contributed by atoms with Gasteiger partial charge in [-0.2, -0.15) is 0 Å². The van der Waals surface area contributed by atoms with E-state index in [-0.39, 0.29) is 12.1 Å². The van der Waals surface area contributed by atoms with E-state index in [0.717, 1.165) is 24.5 Å². The average Bonchev–Trinajstić information content (AvgIpc) is 3.03. The Hall–Kier alpha value is -2.04. The molecule has 0 saturated carbocycles. The minimum absolute atomic E-state index is 0.237. The van der Waals surface area contributed by atoms with Gasteiger partial charge in [-0.15, -0.1) is 0 Å². The van der Waals surface area contributed by atoms with Crippen LogP contribution in [0.2, 0.25) is 0 Å². The first-order chi connectivity index (χ1) is 11.1. The van der Waals surface area contributed by atoms with E-state index in [0.29, 0.717) is 5.92 Å². The molecule has 1 aliphatic heterocycles. The van der Waals surface area contributed by atoms with Crippen LogP contribution in [0.15, 0.2) is 48.5 Å². The average molecular weight is 311 g/mol. The maximum atomic E-state index is 5.98. The molecule has 23 heavy (non-hydrogen) atoms. The molecule has 2 atom stereocenters. The van der Waals surface area contributed by atoms with Crippen molar-refractivity contribution in [3.63, 3.8) is 0 Å². The molecule has 0 amide bonds. The number of nitrogens with two attached hydrogens (primary N) is 1. The molecule has 2 aromatic carbocycles. The van der Waals surface area contributed by atoms with Gasteiger partial charge in [-0.3, -0.25) is 0 Å². The number of benzene rings is 2. The highest BCUT2D eigenvalue weighted by atomic mass is 16.5. The third-order valence-electron chi connectivity index (χ3n) is 4.11. The van der Waals surface area contributed by atoms with Gasteiger partial charge in [0, 0.05) is 17.3 Å². The highest BCUT2D eigenvalue weighted by Crippen LogP contribution is 2.35. The lowest BCUT2D eigenvalue weighted by atomic mass is 9.97. The van der Waals surface area contributed by atoms with Gasteiger partial charge in [-0.1, -0.05) is 44.2 Å². The van der Waals surface area contributed by atoms with Crippen molar-refractivity contribution in [3.05, 3.63) is 59.7 Å². The molecule has 4 heteroatoms.